The molecule has 1 aliphatic rings. The minimum atomic E-state index is -0.496. The molecular weight excluding hydrogens is 342 g/mol. The van der Waals surface area contributed by atoms with E-state index in [1.165, 1.54) is 5.56 Å². The highest BCUT2D eigenvalue weighted by atomic mass is 16.5. The Kier molecular flexibility index (Phi) is 7.28. The van der Waals surface area contributed by atoms with Gasteiger partial charge in [-0.3, -0.25) is 9.59 Å². The summed E-state index contributed by atoms with van der Waals surface area (Å²) in [5, 5.41) is 0. The normalized spacial score (nSPS) is 16.7. The van der Waals surface area contributed by atoms with Crippen LogP contribution in [0, 0.1) is 5.92 Å². The van der Waals surface area contributed by atoms with Crippen molar-refractivity contribution in [3.63, 3.8) is 0 Å². The number of hydrogen-bond donors (Lipinski definition) is 0. The molecule has 1 heterocycles. The Hall–Kier alpha value is -2.04. The van der Waals surface area contributed by atoms with E-state index in [-0.39, 0.29) is 23.2 Å². The van der Waals surface area contributed by atoms with Crippen molar-refractivity contribution >= 4 is 11.9 Å². The third-order valence-corrected chi connectivity index (χ3v) is 5.07. The van der Waals surface area contributed by atoms with Gasteiger partial charge in [0.25, 0.3) is 5.91 Å². The van der Waals surface area contributed by atoms with Gasteiger partial charge in [0.15, 0.2) is 6.10 Å². The third kappa shape index (κ3) is 5.72. The summed E-state index contributed by atoms with van der Waals surface area (Å²) in [5.74, 6) is 0.469. The maximum atomic E-state index is 12.8. The van der Waals surface area contributed by atoms with Gasteiger partial charge in [0, 0.05) is 13.1 Å². The fraction of sp³-hybridized carbons (Fsp3) is 0.636. The molecule has 0 radical (unpaired) electrons. The first-order chi connectivity index (χ1) is 12.8. The van der Waals surface area contributed by atoms with Gasteiger partial charge in [0.1, 0.15) is 5.75 Å². The molecule has 1 amide bonds. The minimum absolute atomic E-state index is 0.000271. The number of esters is 1. The van der Waals surface area contributed by atoms with Crippen LogP contribution in [0.25, 0.3) is 0 Å². The number of carbonyl (C=O) groups is 2. The summed E-state index contributed by atoms with van der Waals surface area (Å²) in [4.78, 5) is 26.5. The number of rotatable bonds is 6. The average Bonchev–Trinajstić information content (AvgIpc) is 2.65. The molecule has 5 nitrogen and oxygen atoms in total. The molecule has 2 rings (SSSR count). The van der Waals surface area contributed by atoms with Gasteiger partial charge in [0.05, 0.1) is 12.5 Å². The fourth-order valence-corrected chi connectivity index (χ4v) is 3.31. The first kappa shape index (κ1) is 21.3. The largest absolute Gasteiger partial charge is 0.481 e. The minimum Gasteiger partial charge on any atom is -0.481 e. The molecule has 150 valence electrons. The number of hydrogen-bond acceptors (Lipinski definition) is 4. The lowest BCUT2D eigenvalue weighted by atomic mass is 9.87. The Labute approximate surface area is 163 Å². The Morgan fingerprint density at radius 2 is 1.70 bits per heavy atom. The average molecular weight is 376 g/mol. The van der Waals surface area contributed by atoms with Gasteiger partial charge in [-0.15, -0.1) is 0 Å². The summed E-state index contributed by atoms with van der Waals surface area (Å²) in [5.41, 5.74) is 1.32. The van der Waals surface area contributed by atoms with E-state index in [4.69, 9.17) is 9.47 Å². The van der Waals surface area contributed by atoms with Crippen LogP contribution in [0.2, 0.25) is 0 Å². The second kappa shape index (κ2) is 9.25. The van der Waals surface area contributed by atoms with E-state index in [9.17, 15) is 9.59 Å². The van der Waals surface area contributed by atoms with Gasteiger partial charge in [-0.25, -0.2) is 0 Å². The summed E-state index contributed by atoms with van der Waals surface area (Å²) < 4.78 is 11.1. The van der Waals surface area contributed by atoms with Crippen molar-refractivity contribution in [3.05, 3.63) is 29.8 Å². The zero-order chi connectivity index (χ0) is 20.0. The summed E-state index contributed by atoms with van der Waals surface area (Å²) >= 11 is 0. The van der Waals surface area contributed by atoms with Crippen molar-refractivity contribution < 1.29 is 19.1 Å². The van der Waals surface area contributed by atoms with Crippen LogP contribution in [0.5, 0.6) is 5.75 Å². The molecule has 0 spiro atoms. The molecular formula is C22H33NO4. The zero-order valence-electron chi connectivity index (χ0n) is 17.3. The molecule has 0 aliphatic carbocycles. The van der Waals surface area contributed by atoms with Crippen LogP contribution in [0.3, 0.4) is 0 Å². The lowest BCUT2D eigenvalue weighted by Crippen LogP contribution is -2.46. The van der Waals surface area contributed by atoms with E-state index in [0.29, 0.717) is 44.7 Å². The second-order valence-corrected chi connectivity index (χ2v) is 8.14. The summed E-state index contributed by atoms with van der Waals surface area (Å²) in [6.07, 6.45) is 1.42. The topological polar surface area (TPSA) is 55.8 Å². The predicted octanol–water partition coefficient (Wildman–Crippen LogP) is 3.94. The lowest BCUT2D eigenvalue weighted by molar-refractivity contribution is -0.152. The summed E-state index contributed by atoms with van der Waals surface area (Å²) in [6.45, 7) is 11.8. The van der Waals surface area contributed by atoms with Crippen molar-refractivity contribution in [1.82, 2.24) is 4.90 Å². The van der Waals surface area contributed by atoms with Gasteiger partial charge in [-0.05, 0) is 49.3 Å². The van der Waals surface area contributed by atoms with Crippen LogP contribution in [0.1, 0.15) is 59.4 Å². The quantitative estimate of drug-likeness (QED) is 0.707. The van der Waals surface area contributed by atoms with Crippen molar-refractivity contribution in [2.75, 3.05) is 19.7 Å². The molecule has 0 unspecified atom stereocenters. The molecule has 27 heavy (non-hydrogen) atoms. The summed E-state index contributed by atoms with van der Waals surface area (Å²) in [6, 6.07) is 7.97. The Morgan fingerprint density at radius 1 is 1.11 bits per heavy atom. The Bertz CT molecular complexity index is 625. The van der Waals surface area contributed by atoms with E-state index in [2.05, 4.69) is 32.9 Å². The molecule has 1 fully saturated rings. The SMILES string of the molecule is CCOC(=O)C1CCN(C(=O)[C@@H](CC)Oc2ccc(C(C)(C)C)cc2)CC1. The van der Waals surface area contributed by atoms with Crippen LogP contribution >= 0.6 is 0 Å². The number of benzene rings is 1. The fourth-order valence-electron chi connectivity index (χ4n) is 3.31. The monoisotopic (exact) mass is 375 g/mol. The molecule has 5 heteroatoms. The van der Waals surface area contributed by atoms with Gasteiger partial charge in [-0.1, -0.05) is 39.8 Å². The smallest absolute Gasteiger partial charge is 0.309 e. The highest BCUT2D eigenvalue weighted by Crippen LogP contribution is 2.26. The molecule has 0 N–H and O–H groups in total. The van der Waals surface area contributed by atoms with Crippen molar-refractivity contribution in [1.29, 1.82) is 0 Å². The maximum Gasteiger partial charge on any atom is 0.309 e. The maximum absolute atomic E-state index is 12.8. The number of carbonyl (C=O) groups excluding carboxylic acids is 2. The van der Waals surface area contributed by atoms with E-state index >= 15 is 0 Å². The molecule has 0 bridgehead atoms. The second-order valence-electron chi connectivity index (χ2n) is 8.14. The van der Waals surface area contributed by atoms with Crippen LogP contribution < -0.4 is 4.74 Å². The van der Waals surface area contributed by atoms with Crippen LogP contribution in [0.15, 0.2) is 24.3 Å². The molecule has 0 aromatic heterocycles. The number of nitrogens with zero attached hydrogens (tertiary/aromatic N) is 1. The van der Waals surface area contributed by atoms with Crippen molar-refractivity contribution in [2.24, 2.45) is 5.92 Å². The van der Waals surface area contributed by atoms with Crippen LogP contribution in [-0.4, -0.2) is 42.6 Å². The molecule has 1 saturated heterocycles. The van der Waals surface area contributed by atoms with Gasteiger partial charge < -0.3 is 14.4 Å². The highest BCUT2D eigenvalue weighted by Gasteiger charge is 2.31. The van der Waals surface area contributed by atoms with Crippen molar-refractivity contribution in [3.8, 4) is 5.75 Å². The zero-order valence-corrected chi connectivity index (χ0v) is 17.3. The van der Waals surface area contributed by atoms with E-state index < -0.39 is 6.10 Å². The highest BCUT2D eigenvalue weighted by molar-refractivity contribution is 5.81. The van der Waals surface area contributed by atoms with Crippen molar-refractivity contribution in [2.45, 2.75) is 65.4 Å². The van der Waals surface area contributed by atoms with Gasteiger partial charge >= 0.3 is 5.97 Å². The predicted molar refractivity (Wildman–Crippen MR) is 106 cm³/mol. The number of ether oxygens (including phenoxy) is 2. The van der Waals surface area contributed by atoms with E-state index in [1.54, 1.807) is 0 Å². The third-order valence-electron chi connectivity index (χ3n) is 5.07. The molecule has 0 saturated carbocycles. The van der Waals surface area contributed by atoms with Crippen LogP contribution in [-0.2, 0) is 19.7 Å². The lowest BCUT2D eigenvalue weighted by Gasteiger charge is -2.33. The van der Waals surface area contributed by atoms with E-state index in [1.807, 2.05) is 30.9 Å². The number of likely N-dealkylation sites (tertiary alicyclic amines) is 1. The summed E-state index contributed by atoms with van der Waals surface area (Å²) in [7, 11) is 0. The molecule has 1 aromatic carbocycles. The number of amides is 1. The van der Waals surface area contributed by atoms with Gasteiger partial charge in [-0.2, -0.15) is 0 Å². The first-order valence-electron chi connectivity index (χ1n) is 9.98. The Balaban J connectivity index is 1.93. The number of piperidine rings is 1. The molecule has 1 atom stereocenters. The molecule has 1 aromatic rings. The Morgan fingerprint density at radius 3 is 2.19 bits per heavy atom. The van der Waals surface area contributed by atoms with Crippen LogP contribution in [0.4, 0.5) is 0 Å². The van der Waals surface area contributed by atoms with E-state index in [0.717, 1.165) is 0 Å². The molecule has 1 aliphatic heterocycles. The first-order valence-corrected chi connectivity index (χ1v) is 9.98. The van der Waals surface area contributed by atoms with Gasteiger partial charge in [0.2, 0.25) is 0 Å². The standard InChI is InChI=1S/C22H33NO4/c1-6-19(27-18-10-8-17(9-11-18)22(3,4)5)20(24)23-14-12-16(13-15-23)21(25)26-7-2/h8-11,16,19H,6-7,12-15H2,1-5H3/t19-/m1/s1.